The van der Waals surface area contributed by atoms with Gasteiger partial charge in [0.15, 0.2) is 0 Å². The van der Waals surface area contributed by atoms with Crippen LogP contribution < -0.4 is 4.31 Å². The molecule has 0 saturated heterocycles. The minimum absolute atomic E-state index is 0.00866. The maximum atomic E-state index is 12.5. The van der Waals surface area contributed by atoms with Gasteiger partial charge in [0, 0.05) is 13.4 Å². The number of anilines is 1. The standard InChI is InChI=1S/C14H14ClNO4S2.C2H6.CH3Cl/c1-16(21(2,17)18)14-9-8-12(10-13(14)15)22(19,20)11-6-4-3-5-7-11;2*1-2/h3-10H,1-2H3;1-2H3;1H3. The van der Waals surface area contributed by atoms with Gasteiger partial charge in [0.05, 0.1) is 26.8 Å². The average molecular weight is 440 g/mol. The fourth-order valence-corrected chi connectivity index (χ4v) is 4.07. The van der Waals surface area contributed by atoms with Crippen molar-refractivity contribution in [2.75, 3.05) is 24.0 Å². The molecule has 0 aliphatic rings. The predicted octanol–water partition coefficient (Wildman–Crippen LogP) is 4.45. The van der Waals surface area contributed by atoms with Crippen LogP contribution in [0, 0.1) is 0 Å². The minimum atomic E-state index is -3.69. The van der Waals surface area contributed by atoms with E-state index in [1.165, 1.54) is 43.8 Å². The average Bonchev–Trinajstić information content (AvgIpc) is 2.64. The summed E-state index contributed by atoms with van der Waals surface area (Å²) in [6.45, 7) is 4.00. The Bertz CT molecular complexity index is 900. The number of nitrogens with zero attached hydrogens (tertiary/aromatic N) is 1. The van der Waals surface area contributed by atoms with Crippen LogP contribution in [0.15, 0.2) is 58.3 Å². The summed E-state index contributed by atoms with van der Waals surface area (Å²) >= 11 is 10.7. The highest BCUT2D eigenvalue weighted by Crippen LogP contribution is 2.31. The molecule has 0 atom stereocenters. The predicted molar refractivity (Wildman–Crippen MR) is 110 cm³/mol. The quantitative estimate of drug-likeness (QED) is 0.659. The number of sulfonamides is 1. The zero-order valence-electron chi connectivity index (χ0n) is 15.3. The Kier molecular flexibility index (Phi) is 10.2. The molecule has 0 unspecified atom stereocenters. The van der Waals surface area contributed by atoms with Gasteiger partial charge in [-0.15, -0.1) is 11.6 Å². The highest BCUT2D eigenvalue weighted by molar-refractivity contribution is 7.92. The van der Waals surface area contributed by atoms with Crippen LogP contribution >= 0.6 is 23.2 Å². The number of hydrogen-bond acceptors (Lipinski definition) is 4. The van der Waals surface area contributed by atoms with Crippen molar-refractivity contribution in [3.05, 3.63) is 53.6 Å². The van der Waals surface area contributed by atoms with E-state index in [0.29, 0.717) is 0 Å². The van der Waals surface area contributed by atoms with Gasteiger partial charge in [-0.2, -0.15) is 0 Å². The summed E-state index contributed by atoms with van der Waals surface area (Å²) in [5.41, 5.74) is 0.219. The van der Waals surface area contributed by atoms with E-state index in [1.54, 1.807) is 18.2 Å². The maximum absolute atomic E-state index is 12.5. The first-order chi connectivity index (χ1) is 12.1. The van der Waals surface area contributed by atoms with Gasteiger partial charge in [0.1, 0.15) is 0 Å². The van der Waals surface area contributed by atoms with Gasteiger partial charge in [0.25, 0.3) is 0 Å². The minimum Gasteiger partial charge on any atom is -0.272 e. The molecule has 0 aromatic heterocycles. The lowest BCUT2D eigenvalue weighted by Crippen LogP contribution is -2.25. The second-order valence-electron chi connectivity index (χ2n) is 4.66. The molecular formula is C17H23Cl2NO4S2. The molecule has 0 radical (unpaired) electrons. The summed E-state index contributed by atoms with van der Waals surface area (Å²) in [5, 5.41) is 0.0462. The van der Waals surface area contributed by atoms with Crippen molar-refractivity contribution in [1.82, 2.24) is 0 Å². The Morgan fingerprint density at radius 1 is 0.846 bits per heavy atom. The van der Waals surface area contributed by atoms with Gasteiger partial charge in [-0.3, -0.25) is 4.31 Å². The number of hydrogen-bond donors (Lipinski definition) is 0. The molecule has 2 rings (SSSR count). The molecule has 2 aromatic rings. The fraction of sp³-hybridized carbons (Fsp3) is 0.294. The number of sulfone groups is 1. The third-order valence-corrected chi connectivity index (χ3v) is 6.38. The third-order valence-electron chi connectivity index (χ3n) is 3.12. The Labute approximate surface area is 166 Å². The summed E-state index contributed by atoms with van der Waals surface area (Å²) in [4.78, 5) is 0.157. The van der Waals surface area contributed by atoms with Gasteiger partial charge < -0.3 is 0 Å². The Hall–Kier alpha value is -1.28. The molecule has 5 nitrogen and oxygen atoms in total. The van der Waals surface area contributed by atoms with Crippen LogP contribution in [0.25, 0.3) is 0 Å². The zero-order valence-corrected chi connectivity index (χ0v) is 18.4. The van der Waals surface area contributed by atoms with E-state index in [0.717, 1.165) is 10.6 Å². The number of rotatable bonds is 4. The van der Waals surface area contributed by atoms with Crippen molar-refractivity contribution in [2.45, 2.75) is 23.6 Å². The summed E-state index contributed by atoms with van der Waals surface area (Å²) in [5.74, 6) is 0. The number of alkyl halides is 1. The van der Waals surface area contributed by atoms with Gasteiger partial charge in [-0.25, -0.2) is 16.8 Å². The smallest absolute Gasteiger partial charge is 0.232 e. The van der Waals surface area contributed by atoms with E-state index in [-0.39, 0.29) is 20.5 Å². The highest BCUT2D eigenvalue weighted by Gasteiger charge is 2.21. The molecule has 2 aromatic carbocycles. The normalized spacial score (nSPS) is 10.7. The van der Waals surface area contributed by atoms with Crippen molar-refractivity contribution in [2.24, 2.45) is 0 Å². The van der Waals surface area contributed by atoms with Crippen LogP contribution in [0.2, 0.25) is 5.02 Å². The molecule has 0 aliphatic carbocycles. The summed E-state index contributed by atoms with van der Waals surface area (Å²) in [7, 11) is -5.82. The van der Waals surface area contributed by atoms with Crippen LogP contribution in [0.4, 0.5) is 5.69 Å². The molecule has 0 N–H and O–H groups in total. The lowest BCUT2D eigenvalue weighted by molar-refractivity contribution is 0.596. The second-order valence-corrected chi connectivity index (χ2v) is 9.03. The molecule has 146 valence electrons. The molecule has 0 fully saturated rings. The fourth-order valence-electron chi connectivity index (χ4n) is 1.82. The molecule has 0 saturated carbocycles. The maximum Gasteiger partial charge on any atom is 0.232 e. The van der Waals surface area contributed by atoms with Gasteiger partial charge in [0.2, 0.25) is 19.9 Å². The van der Waals surface area contributed by atoms with E-state index < -0.39 is 19.9 Å². The van der Waals surface area contributed by atoms with Crippen molar-refractivity contribution >= 4 is 48.7 Å². The first-order valence-corrected chi connectivity index (χ1v) is 12.0. The second kappa shape index (κ2) is 10.8. The van der Waals surface area contributed by atoms with E-state index >= 15 is 0 Å². The zero-order chi connectivity index (χ0) is 20.5. The number of benzene rings is 2. The molecule has 0 bridgehead atoms. The monoisotopic (exact) mass is 439 g/mol. The lowest BCUT2D eigenvalue weighted by Gasteiger charge is -2.18. The van der Waals surface area contributed by atoms with Crippen LogP contribution in [-0.4, -0.2) is 36.5 Å². The summed E-state index contributed by atoms with van der Waals surface area (Å²) in [6.07, 6.45) is 2.51. The van der Waals surface area contributed by atoms with Crippen molar-refractivity contribution in [3.63, 3.8) is 0 Å². The molecular weight excluding hydrogens is 417 g/mol. The lowest BCUT2D eigenvalue weighted by atomic mass is 10.3. The van der Waals surface area contributed by atoms with Gasteiger partial charge >= 0.3 is 0 Å². The Balaban J connectivity index is 0.00000146. The highest BCUT2D eigenvalue weighted by atomic mass is 35.5. The third kappa shape index (κ3) is 6.16. The molecule has 0 amide bonds. The molecule has 0 heterocycles. The molecule has 0 aliphatic heterocycles. The molecule has 0 spiro atoms. The summed E-state index contributed by atoms with van der Waals surface area (Å²) in [6, 6.07) is 11.9. The molecule has 26 heavy (non-hydrogen) atoms. The van der Waals surface area contributed by atoms with E-state index in [2.05, 4.69) is 11.6 Å². The molecule has 9 heteroatoms. The van der Waals surface area contributed by atoms with Crippen LogP contribution in [0.1, 0.15) is 13.8 Å². The topological polar surface area (TPSA) is 71.5 Å². The Morgan fingerprint density at radius 2 is 1.35 bits per heavy atom. The number of halogens is 2. The van der Waals surface area contributed by atoms with Crippen LogP contribution in [-0.2, 0) is 19.9 Å². The van der Waals surface area contributed by atoms with Gasteiger partial charge in [-0.05, 0) is 30.3 Å². The first-order valence-electron chi connectivity index (χ1n) is 7.55. The van der Waals surface area contributed by atoms with E-state index in [1.807, 2.05) is 13.8 Å². The van der Waals surface area contributed by atoms with Crippen molar-refractivity contribution in [3.8, 4) is 0 Å². The summed E-state index contributed by atoms with van der Waals surface area (Å²) < 4.78 is 49.0. The first kappa shape index (κ1) is 24.7. The van der Waals surface area contributed by atoms with E-state index in [4.69, 9.17) is 11.6 Å². The van der Waals surface area contributed by atoms with Crippen molar-refractivity contribution in [1.29, 1.82) is 0 Å². The van der Waals surface area contributed by atoms with E-state index in [9.17, 15) is 16.8 Å². The van der Waals surface area contributed by atoms with Gasteiger partial charge in [-0.1, -0.05) is 43.6 Å². The van der Waals surface area contributed by atoms with Crippen molar-refractivity contribution < 1.29 is 16.8 Å². The SMILES string of the molecule is CC.CCl.CN(c1ccc(S(=O)(=O)c2ccccc2)cc1Cl)S(C)(=O)=O. The van der Waals surface area contributed by atoms with Crippen LogP contribution in [0.3, 0.4) is 0 Å². The largest absolute Gasteiger partial charge is 0.272 e. The van der Waals surface area contributed by atoms with Crippen LogP contribution in [0.5, 0.6) is 0 Å². The Morgan fingerprint density at radius 3 is 1.77 bits per heavy atom.